The molecule has 0 spiro atoms. The van der Waals surface area contributed by atoms with Crippen molar-refractivity contribution in [2.75, 3.05) is 6.54 Å². The standard InChI is InChI=1S/C26H32F6N6O3/c1-24(2,3)41-23(39)36-20(14-8-10-25(28,29)11-9-14)22-35-21-16(40-22)7-6-15(18(21)27)19(13-4-5-13)34-12-17(37-38-33)26(30,31)32/h6-7,13-14,17,19-20,34H,4-5,8-12H2,1-3H3,(H,36,39)/t17-,19?,20-/m0/s1. The van der Waals surface area contributed by atoms with Gasteiger partial charge in [-0.1, -0.05) is 11.2 Å². The Morgan fingerprint density at radius 3 is 2.37 bits per heavy atom. The number of carbonyl (C=O) groups is 1. The number of alkyl halides is 5. The Morgan fingerprint density at radius 1 is 1.17 bits per heavy atom. The summed E-state index contributed by atoms with van der Waals surface area (Å²) in [5.74, 6) is -4.37. The van der Waals surface area contributed by atoms with Gasteiger partial charge in [0, 0.05) is 35.9 Å². The molecule has 4 rings (SSSR count). The number of benzene rings is 1. The second kappa shape index (κ2) is 11.6. The van der Waals surface area contributed by atoms with Gasteiger partial charge in [0.1, 0.15) is 23.2 Å². The van der Waals surface area contributed by atoms with Crippen molar-refractivity contribution < 1.29 is 40.3 Å². The first-order chi connectivity index (χ1) is 19.1. The summed E-state index contributed by atoms with van der Waals surface area (Å²) in [4.78, 5) is 19.2. The van der Waals surface area contributed by atoms with Gasteiger partial charge in [0.05, 0.1) is 0 Å². The van der Waals surface area contributed by atoms with Crippen LogP contribution in [0.15, 0.2) is 21.7 Å². The summed E-state index contributed by atoms with van der Waals surface area (Å²) < 4.78 is 94.4. The molecule has 2 aliphatic rings. The molecule has 2 fully saturated rings. The van der Waals surface area contributed by atoms with E-state index in [0.717, 1.165) is 0 Å². The quantitative estimate of drug-likeness (QED) is 0.134. The molecule has 9 nitrogen and oxygen atoms in total. The van der Waals surface area contributed by atoms with Gasteiger partial charge >= 0.3 is 12.3 Å². The lowest BCUT2D eigenvalue weighted by molar-refractivity contribution is -0.146. The number of oxazole rings is 1. The summed E-state index contributed by atoms with van der Waals surface area (Å²) in [5.41, 5.74) is 7.57. The molecule has 1 unspecified atom stereocenters. The average Bonchev–Trinajstić information content (AvgIpc) is 3.59. The highest BCUT2D eigenvalue weighted by atomic mass is 19.4. The van der Waals surface area contributed by atoms with E-state index in [2.05, 4.69) is 25.6 Å². The van der Waals surface area contributed by atoms with Crippen LogP contribution in [0.1, 0.15) is 82.8 Å². The molecule has 41 heavy (non-hydrogen) atoms. The predicted molar refractivity (Wildman–Crippen MR) is 135 cm³/mol. The van der Waals surface area contributed by atoms with Crippen molar-refractivity contribution in [2.45, 2.75) is 95.1 Å². The molecule has 2 aromatic rings. The van der Waals surface area contributed by atoms with Crippen LogP contribution in [-0.4, -0.2) is 41.4 Å². The normalized spacial score (nSPS) is 20.2. The van der Waals surface area contributed by atoms with Crippen LogP contribution in [0.5, 0.6) is 0 Å². The van der Waals surface area contributed by atoms with E-state index < -0.39 is 73.0 Å². The minimum absolute atomic E-state index is 0.0233. The van der Waals surface area contributed by atoms with Gasteiger partial charge in [0.15, 0.2) is 11.4 Å². The number of azide groups is 1. The Morgan fingerprint density at radius 2 is 1.80 bits per heavy atom. The maximum absolute atomic E-state index is 15.8. The SMILES string of the molecule is CC(C)(C)OC(=O)N[C@H](c1nc2c(F)c(C(NC[C@H](N=[N+]=[N-])C(F)(F)F)C3CC3)ccc2o1)C1CCC(F)(F)CC1. The molecule has 3 atom stereocenters. The molecule has 1 amide bonds. The molecule has 0 aliphatic heterocycles. The fourth-order valence-corrected chi connectivity index (χ4v) is 5.06. The molecule has 2 saturated carbocycles. The highest BCUT2D eigenvalue weighted by molar-refractivity contribution is 5.75. The number of alkyl carbamates (subject to hydrolysis) is 1. The first-order valence-electron chi connectivity index (χ1n) is 13.4. The molecule has 2 aliphatic carbocycles. The minimum atomic E-state index is -4.78. The van der Waals surface area contributed by atoms with Crippen LogP contribution < -0.4 is 10.6 Å². The number of nitrogens with one attached hydrogen (secondary N) is 2. The molecule has 0 bridgehead atoms. The van der Waals surface area contributed by atoms with Gasteiger partial charge in [-0.3, -0.25) is 0 Å². The maximum atomic E-state index is 15.8. The van der Waals surface area contributed by atoms with Crippen LogP contribution in [0.2, 0.25) is 0 Å². The van der Waals surface area contributed by atoms with Gasteiger partial charge in [-0.05, 0) is 69.9 Å². The number of nitrogens with zero attached hydrogens (tertiary/aromatic N) is 4. The zero-order valence-electron chi connectivity index (χ0n) is 22.8. The van der Waals surface area contributed by atoms with E-state index >= 15 is 4.39 Å². The Hall–Kier alpha value is -3.19. The Labute approximate surface area is 232 Å². The molecule has 1 heterocycles. The van der Waals surface area contributed by atoms with Crippen molar-refractivity contribution in [1.29, 1.82) is 0 Å². The lowest BCUT2D eigenvalue weighted by atomic mass is 9.82. The number of ether oxygens (including phenoxy) is 1. The fraction of sp³-hybridized carbons (Fsp3) is 0.692. The van der Waals surface area contributed by atoms with Crippen LogP contribution in [0.25, 0.3) is 21.5 Å². The summed E-state index contributed by atoms with van der Waals surface area (Å²) in [6.07, 6.45) is -4.97. The van der Waals surface area contributed by atoms with Crippen LogP contribution in [-0.2, 0) is 4.74 Å². The number of amides is 1. The maximum Gasteiger partial charge on any atom is 0.408 e. The number of hydrogen-bond donors (Lipinski definition) is 2. The summed E-state index contributed by atoms with van der Waals surface area (Å²) in [7, 11) is 0. The molecule has 1 aromatic heterocycles. The second-order valence-electron chi connectivity index (χ2n) is 11.7. The van der Waals surface area contributed by atoms with Gasteiger partial charge < -0.3 is 19.8 Å². The highest BCUT2D eigenvalue weighted by Crippen LogP contribution is 2.44. The van der Waals surface area contributed by atoms with Crippen molar-refractivity contribution in [1.82, 2.24) is 15.6 Å². The molecule has 1 aromatic carbocycles. The molecule has 0 radical (unpaired) electrons. The van der Waals surface area contributed by atoms with E-state index in [1.807, 2.05) is 0 Å². The third kappa shape index (κ3) is 7.76. The van der Waals surface area contributed by atoms with E-state index in [-0.39, 0.29) is 41.3 Å². The number of rotatable bonds is 9. The van der Waals surface area contributed by atoms with Gasteiger partial charge in [0.25, 0.3) is 0 Å². The van der Waals surface area contributed by atoms with E-state index in [9.17, 15) is 26.7 Å². The van der Waals surface area contributed by atoms with Gasteiger partial charge in [-0.2, -0.15) is 13.2 Å². The first kappa shape index (κ1) is 30.8. The highest BCUT2D eigenvalue weighted by Gasteiger charge is 2.43. The van der Waals surface area contributed by atoms with Crippen molar-refractivity contribution in [2.24, 2.45) is 17.0 Å². The van der Waals surface area contributed by atoms with Crippen LogP contribution in [0.3, 0.4) is 0 Å². The number of hydrogen-bond acceptors (Lipinski definition) is 6. The summed E-state index contributed by atoms with van der Waals surface area (Å²) in [5, 5.41) is 8.17. The smallest absolute Gasteiger partial charge is 0.408 e. The monoisotopic (exact) mass is 590 g/mol. The van der Waals surface area contributed by atoms with E-state index in [4.69, 9.17) is 14.7 Å². The van der Waals surface area contributed by atoms with Crippen molar-refractivity contribution >= 4 is 17.2 Å². The predicted octanol–water partition coefficient (Wildman–Crippen LogP) is 7.64. The number of carbonyl (C=O) groups excluding carboxylic acids is 1. The number of fused-ring (bicyclic) bond motifs is 1. The zero-order valence-corrected chi connectivity index (χ0v) is 22.8. The van der Waals surface area contributed by atoms with Crippen molar-refractivity contribution in [3.8, 4) is 0 Å². The van der Waals surface area contributed by atoms with E-state index in [1.165, 1.54) is 12.1 Å². The third-order valence-electron chi connectivity index (χ3n) is 7.25. The Kier molecular flexibility index (Phi) is 8.70. The molecule has 226 valence electrons. The van der Waals surface area contributed by atoms with Crippen molar-refractivity contribution in [3.05, 3.63) is 39.8 Å². The molecular formula is C26H32F6N6O3. The molecular weight excluding hydrogens is 558 g/mol. The summed E-state index contributed by atoms with van der Waals surface area (Å²) in [6.45, 7) is 4.23. The average molecular weight is 591 g/mol. The number of halogens is 6. The van der Waals surface area contributed by atoms with Crippen molar-refractivity contribution in [3.63, 3.8) is 0 Å². The summed E-state index contributed by atoms with van der Waals surface area (Å²) >= 11 is 0. The lowest BCUT2D eigenvalue weighted by Crippen LogP contribution is -2.40. The van der Waals surface area contributed by atoms with Crippen LogP contribution in [0, 0.1) is 17.7 Å². The van der Waals surface area contributed by atoms with Crippen LogP contribution in [0.4, 0.5) is 31.1 Å². The van der Waals surface area contributed by atoms with E-state index in [1.54, 1.807) is 20.8 Å². The lowest BCUT2D eigenvalue weighted by Gasteiger charge is -2.33. The van der Waals surface area contributed by atoms with E-state index in [0.29, 0.717) is 12.8 Å². The zero-order chi connectivity index (χ0) is 30.2. The van der Waals surface area contributed by atoms with Gasteiger partial charge in [-0.25, -0.2) is 22.9 Å². The fourth-order valence-electron chi connectivity index (χ4n) is 5.06. The molecule has 0 saturated heterocycles. The Balaban J connectivity index is 1.63. The minimum Gasteiger partial charge on any atom is -0.444 e. The topological polar surface area (TPSA) is 125 Å². The number of aromatic nitrogens is 1. The molecule has 2 N–H and O–H groups in total. The third-order valence-corrected chi connectivity index (χ3v) is 7.25. The first-order valence-corrected chi connectivity index (χ1v) is 13.4. The Bertz CT molecular complexity index is 1290. The van der Waals surface area contributed by atoms with Gasteiger partial charge in [-0.15, -0.1) is 0 Å². The van der Waals surface area contributed by atoms with Gasteiger partial charge in [0.2, 0.25) is 11.8 Å². The second-order valence-corrected chi connectivity index (χ2v) is 11.7. The molecule has 15 heteroatoms. The van der Waals surface area contributed by atoms with Crippen LogP contribution >= 0.6 is 0 Å². The largest absolute Gasteiger partial charge is 0.444 e. The summed E-state index contributed by atoms with van der Waals surface area (Å²) in [6, 6.07) is -1.31.